The first kappa shape index (κ1) is 13.8. The van der Waals surface area contributed by atoms with Gasteiger partial charge >= 0.3 is 0 Å². The Bertz CT molecular complexity index is 611. The van der Waals surface area contributed by atoms with Crippen molar-refractivity contribution in [1.29, 1.82) is 0 Å². The van der Waals surface area contributed by atoms with E-state index in [2.05, 4.69) is 15.5 Å². The lowest BCUT2D eigenvalue weighted by Gasteiger charge is -2.09. The number of carbonyl (C=O) groups is 1. The van der Waals surface area contributed by atoms with E-state index in [-0.39, 0.29) is 11.6 Å². The Kier molecular flexibility index (Phi) is 4.14. The molecule has 2 aromatic rings. The maximum absolute atomic E-state index is 11.5. The van der Waals surface area contributed by atoms with Crippen LogP contribution in [0.1, 0.15) is 23.0 Å². The molecule has 0 fully saturated rings. The fourth-order valence-corrected chi connectivity index (χ4v) is 1.60. The highest BCUT2D eigenvalue weighted by Crippen LogP contribution is 2.26. The van der Waals surface area contributed by atoms with Crippen LogP contribution in [0.15, 0.2) is 30.3 Å². The minimum atomic E-state index is -0.258. The third kappa shape index (κ3) is 3.03. The van der Waals surface area contributed by atoms with Gasteiger partial charge in [-0.2, -0.15) is 0 Å². The number of carbonyl (C=O) groups excluding carboxylic acids is 1. The van der Waals surface area contributed by atoms with Crippen molar-refractivity contribution in [2.45, 2.75) is 13.8 Å². The summed E-state index contributed by atoms with van der Waals surface area (Å²) in [5.74, 6) is 0.670. The molecule has 0 bridgehead atoms. The normalized spacial score (nSPS) is 10.1. The van der Waals surface area contributed by atoms with Crippen molar-refractivity contribution in [1.82, 2.24) is 15.5 Å². The highest BCUT2D eigenvalue weighted by atomic mass is 16.5. The van der Waals surface area contributed by atoms with Crippen LogP contribution in [0, 0.1) is 6.92 Å². The van der Waals surface area contributed by atoms with E-state index in [1.807, 2.05) is 13.8 Å². The number of hydrogen-bond donors (Lipinski definition) is 2. The van der Waals surface area contributed by atoms with Gasteiger partial charge in [-0.3, -0.25) is 4.79 Å². The van der Waals surface area contributed by atoms with Crippen molar-refractivity contribution in [2.24, 2.45) is 0 Å². The molecule has 6 nitrogen and oxygen atoms in total. The number of aromatic nitrogens is 2. The molecule has 0 saturated carbocycles. The van der Waals surface area contributed by atoms with Crippen LogP contribution >= 0.6 is 0 Å². The van der Waals surface area contributed by atoms with Crippen LogP contribution in [-0.2, 0) is 0 Å². The summed E-state index contributed by atoms with van der Waals surface area (Å²) in [4.78, 5) is 11.5. The Balaban J connectivity index is 2.15. The van der Waals surface area contributed by atoms with E-state index in [1.54, 1.807) is 30.3 Å². The number of rotatable bonds is 4. The monoisotopic (exact) mass is 272 g/mol. The first-order chi connectivity index (χ1) is 9.61. The molecule has 0 aliphatic carbocycles. The highest BCUT2D eigenvalue weighted by molar-refractivity contribution is 5.91. The van der Waals surface area contributed by atoms with Crippen molar-refractivity contribution in [3.63, 3.8) is 0 Å². The van der Waals surface area contributed by atoms with Crippen LogP contribution in [0.3, 0.4) is 0 Å². The molecular weight excluding hydrogens is 256 g/mol. The van der Waals surface area contributed by atoms with Gasteiger partial charge in [-0.1, -0.05) is 6.07 Å². The predicted molar refractivity (Wildman–Crippen MR) is 75.7 cm³/mol. The number of nitrogens with two attached hydrogens (primary N) is 1. The van der Waals surface area contributed by atoms with Crippen molar-refractivity contribution in [3.05, 3.63) is 41.6 Å². The fraction of sp³-hybridized carbons (Fsp3) is 0.214. The Labute approximate surface area is 117 Å². The number of ether oxygens (including phenoxy) is 1. The quantitative estimate of drug-likeness (QED) is 0.830. The average molecular weight is 272 g/mol. The standard InChI is InChI=1S/C14H16N4O2/c1-3-16-14(19)11-7-8-13(18-17-11)20-12-6-4-5-10(15)9(12)2/h4-8H,3,15H2,1-2H3,(H,16,19). The molecule has 2 rings (SSSR count). The minimum absolute atomic E-state index is 0.253. The van der Waals surface area contributed by atoms with Gasteiger partial charge in [0, 0.05) is 23.9 Å². The molecule has 0 aliphatic heterocycles. The molecule has 1 heterocycles. The molecule has 0 radical (unpaired) electrons. The van der Waals surface area contributed by atoms with Gasteiger partial charge in [0.05, 0.1) is 0 Å². The topological polar surface area (TPSA) is 90.1 Å². The smallest absolute Gasteiger partial charge is 0.271 e. The summed E-state index contributed by atoms with van der Waals surface area (Å²) in [6.45, 7) is 4.24. The maximum Gasteiger partial charge on any atom is 0.271 e. The first-order valence-electron chi connectivity index (χ1n) is 6.26. The third-order valence-electron chi connectivity index (χ3n) is 2.75. The molecule has 104 valence electrons. The van der Waals surface area contributed by atoms with E-state index < -0.39 is 0 Å². The number of hydrogen-bond acceptors (Lipinski definition) is 5. The summed E-state index contributed by atoms with van der Waals surface area (Å²) in [6, 6.07) is 8.56. The van der Waals surface area contributed by atoms with E-state index in [0.717, 1.165) is 5.56 Å². The molecule has 0 saturated heterocycles. The van der Waals surface area contributed by atoms with E-state index >= 15 is 0 Å². The second kappa shape index (κ2) is 6.01. The van der Waals surface area contributed by atoms with Crippen LogP contribution in [-0.4, -0.2) is 22.6 Å². The molecule has 0 aliphatic rings. The first-order valence-corrected chi connectivity index (χ1v) is 6.26. The van der Waals surface area contributed by atoms with Gasteiger partial charge in [0.1, 0.15) is 5.75 Å². The number of benzene rings is 1. The Hall–Kier alpha value is -2.63. The van der Waals surface area contributed by atoms with Crippen LogP contribution < -0.4 is 15.8 Å². The van der Waals surface area contributed by atoms with Crippen molar-refractivity contribution in [2.75, 3.05) is 12.3 Å². The SMILES string of the molecule is CCNC(=O)c1ccc(Oc2cccc(N)c2C)nn1. The van der Waals surface area contributed by atoms with Crippen molar-refractivity contribution < 1.29 is 9.53 Å². The number of nitrogen functional groups attached to an aromatic ring is 1. The Morgan fingerprint density at radius 2 is 2.10 bits per heavy atom. The van der Waals surface area contributed by atoms with Crippen molar-refractivity contribution >= 4 is 11.6 Å². The largest absolute Gasteiger partial charge is 0.437 e. The minimum Gasteiger partial charge on any atom is -0.437 e. The van der Waals surface area contributed by atoms with Crippen molar-refractivity contribution in [3.8, 4) is 11.6 Å². The summed E-state index contributed by atoms with van der Waals surface area (Å²) < 4.78 is 5.60. The second-order valence-corrected chi connectivity index (χ2v) is 4.19. The lowest BCUT2D eigenvalue weighted by molar-refractivity contribution is 0.0949. The maximum atomic E-state index is 11.5. The molecule has 0 spiro atoms. The van der Waals surface area contributed by atoms with Gasteiger partial charge in [0.15, 0.2) is 5.69 Å². The van der Waals surface area contributed by atoms with E-state index in [4.69, 9.17) is 10.5 Å². The lowest BCUT2D eigenvalue weighted by Crippen LogP contribution is -2.23. The zero-order chi connectivity index (χ0) is 14.5. The average Bonchev–Trinajstić information content (AvgIpc) is 2.45. The summed E-state index contributed by atoms with van der Waals surface area (Å²) in [5.41, 5.74) is 7.54. The molecule has 3 N–H and O–H groups in total. The molecule has 20 heavy (non-hydrogen) atoms. The number of nitrogens with one attached hydrogen (secondary N) is 1. The molecule has 1 aromatic carbocycles. The van der Waals surface area contributed by atoms with Gasteiger partial charge in [-0.25, -0.2) is 0 Å². The predicted octanol–water partition coefficient (Wildman–Crippen LogP) is 1.91. The summed E-state index contributed by atoms with van der Waals surface area (Å²) in [7, 11) is 0. The Morgan fingerprint density at radius 1 is 1.30 bits per heavy atom. The zero-order valence-electron chi connectivity index (χ0n) is 11.4. The second-order valence-electron chi connectivity index (χ2n) is 4.19. The van der Waals surface area contributed by atoms with Gasteiger partial charge in [-0.15, -0.1) is 10.2 Å². The fourth-order valence-electron chi connectivity index (χ4n) is 1.60. The van der Waals surface area contributed by atoms with Gasteiger partial charge in [0.25, 0.3) is 5.91 Å². The molecule has 6 heteroatoms. The number of anilines is 1. The van der Waals surface area contributed by atoms with E-state index in [1.165, 1.54) is 0 Å². The summed E-state index contributed by atoms with van der Waals surface area (Å²) in [5, 5.41) is 10.4. The van der Waals surface area contributed by atoms with Crippen LogP contribution in [0.2, 0.25) is 0 Å². The van der Waals surface area contributed by atoms with Crippen LogP contribution in [0.5, 0.6) is 11.6 Å². The molecular formula is C14H16N4O2. The number of nitrogens with zero attached hydrogens (tertiary/aromatic N) is 2. The molecule has 0 unspecified atom stereocenters. The summed E-state index contributed by atoms with van der Waals surface area (Å²) in [6.07, 6.45) is 0. The molecule has 1 amide bonds. The van der Waals surface area contributed by atoms with Crippen LogP contribution in [0.4, 0.5) is 5.69 Å². The number of amides is 1. The van der Waals surface area contributed by atoms with E-state index in [0.29, 0.717) is 23.9 Å². The summed E-state index contributed by atoms with van der Waals surface area (Å²) >= 11 is 0. The van der Waals surface area contributed by atoms with Gasteiger partial charge < -0.3 is 15.8 Å². The van der Waals surface area contributed by atoms with Gasteiger partial charge in [-0.05, 0) is 32.0 Å². The third-order valence-corrected chi connectivity index (χ3v) is 2.75. The molecule has 1 aromatic heterocycles. The zero-order valence-corrected chi connectivity index (χ0v) is 11.4. The lowest BCUT2D eigenvalue weighted by atomic mass is 10.2. The van der Waals surface area contributed by atoms with Crippen LogP contribution in [0.25, 0.3) is 0 Å². The van der Waals surface area contributed by atoms with Gasteiger partial charge in [0.2, 0.25) is 5.88 Å². The Morgan fingerprint density at radius 3 is 2.75 bits per heavy atom. The van der Waals surface area contributed by atoms with E-state index in [9.17, 15) is 4.79 Å². The molecule has 0 atom stereocenters. The highest BCUT2D eigenvalue weighted by Gasteiger charge is 2.09.